The second kappa shape index (κ2) is 8.60. The van der Waals surface area contributed by atoms with E-state index >= 15 is 0 Å². The van der Waals surface area contributed by atoms with E-state index in [0.29, 0.717) is 36.6 Å². The molecule has 3 aromatic rings. The van der Waals surface area contributed by atoms with Crippen molar-refractivity contribution in [2.45, 2.75) is 11.3 Å². The molecule has 10 heteroatoms. The van der Waals surface area contributed by atoms with Crippen LogP contribution in [0.1, 0.15) is 22.3 Å². The van der Waals surface area contributed by atoms with Crippen molar-refractivity contribution in [1.29, 1.82) is 0 Å². The predicted octanol–water partition coefficient (Wildman–Crippen LogP) is 2.39. The largest absolute Gasteiger partial charge is 0.352 e. The summed E-state index contributed by atoms with van der Waals surface area (Å²) in [6, 6.07) is 13.5. The van der Waals surface area contributed by atoms with Crippen molar-refractivity contribution in [3.05, 3.63) is 83.9 Å². The lowest BCUT2D eigenvalue weighted by Crippen LogP contribution is -2.35. The Hall–Kier alpha value is -3.66. The van der Waals surface area contributed by atoms with Gasteiger partial charge in [-0.05, 0) is 48.9 Å². The predicted molar refractivity (Wildman–Crippen MR) is 113 cm³/mol. The van der Waals surface area contributed by atoms with Gasteiger partial charge in [0.05, 0.1) is 0 Å². The molecule has 1 amide bonds. The number of hydrogen-bond acceptors (Lipinski definition) is 6. The highest BCUT2D eigenvalue weighted by Gasteiger charge is 2.32. The molecule has 0 spiro atoms. The molecule has 0 fully saturated rings. The normalized spacial score (nSPS) is 13.9. The molecule has 1 N–H and O–H groups in total. The molecular weight excluding hydrogens is 421 g/mol. The van der Waals surface area contributed by atoms with E-state index in [1.807, 2.05) is 0 Å². The molecular formula is C21H18FN5O3S. The van der Waals surface area contributed by atoms with Gasteiger partial charge in [0, 0.05) is 36.6 Å². The van der Waals surface area contributed by atoms with Gasteiger partial charge in [-0.2, -0.15) is 8.42 Å². The van der Waals surface area contributed by atoms with Crippen LogP contribution in [-0.4, -0.2) is 43.2 Å². The summed E-state index contributed by atoms with van der Waals surface area (Å²) < 4.78 is 41.9. The second-order valence-electron chi connectivity index (χ2n) is 6.70. The maximum Gasteiger partial charge on any atom is 0.285 e. The molecule has 4 rings (SSSR count). The summed E-state index contributed by atoms with van der Waals surface area (Å²) in [7, 11) is -3.80. The van der Waals surface area contributed by atoms with Gasteiger partial charge in [-0.3, -0.25) is 9.69 Å². The average molecular weight is 439 g/mol. The Morgan fingerprint density at radius 1 is 1.00 bits per heavy atom. The Balaban J connectivity index is 1.50. The minimum absolute atomic E-state index is 0.135. The number of amides is 1. The maximum absolute atomic E-state index is 13.0. The molecule has 0 saturated carbocycles. The van der Waals surface area contributed by atoms with Crippen LogP contribution in [0.15, 0.2) is 76.3 Å². The smallest absolute Gasteiger partial charge is 0.285 e. The van der Waals surface area contributed by atoms with E-state index in [0.717, 1.165) is 0 Å². The molecule has 0 saturated heterocycles. The fraction of sp³-hybridized carbons (Fsp3) is 0.143. The van der Waals surface area contributed by atoms with Crippen molar-refractivity contribution in [2.75, 3.05) is 18.0 Å². The zero-order chi connectivity index (χ0) is 21.8. The summed E-state index contributed by atoms with van der Waals surface area (Å²) in [6.07, 6.45) is 3.58. The lowest BCUT2D eigenvalue weighted by Gasteiger charge is -2.22. The van der Waals surface area contributed by atoms with Crippen molar-refractivity contribution in [2.24, 2.45) is 4.40 Å². The zero-order valence-electron chi connectivity index (χ0n) is 16.3. The van der Waals surface area contributed by atoms with Crippen molar-refractivity contribution in [3.63, 3.8) is 0 Å². The molecule has 8 nitrogen and oxygen atoms in total. The van der Waals surface area contributed by atoms with Gasteiger partial charge < -0.3 is 5.32 Å². The first-order chi connectivity index (χ1) is 15.0. The maximum atomic E-state index is 13.0. The molecule has 1 aliphatic rings. The fourth-order valence-corrected chi connectivity index (χ4v) is 4.37. The summed E-state index contributed by atoms with van der Waals surface area (Å²) in [6.45, 7) is 0.623. The summed E-state index contributed by atoms with van der Waals surface area (Å²) in [5.41, 5.74) is 0.829. The number of fused-ring (bicyclic) bond motifs is 1. The molecule has 31 heavy (non-hydrogen) atoms. The lowest BCUT2D eigenvalue weighted by molar-refractivity contribution is 0.0953. The van der Waals surface area contributed by atoms with Gasteiger partial charge >= 0.3 is 0 Å². The van der Waals surface area contributed by atoms with Crippen LogP contribution in [0.3, 0.4) is 0 Å². The Morgan fingerprint density at radius 2 is 1.71 bits per heavy atom. The number of nitrogens with one attached hydrogen (secondary N) is 1. The zero-order valence-corrected chi connectivity index (χ0v) is 17.1. The van der Waals surface area contributed by atoms with Crippen LogP contribution in [0, 0.1) is 5.82 Å². The summed E-state index contributed by atoms with van der Waals surface area (Å²) in [5, 5.41) is 2.76. The SMILES string of the molecule is O=C(NCCCN(C1=NS(=O)(=O)c2ccccc21)c1ncccn1)c1ccc(F)cc1. The number of rotatable bonds is 6. The summed E-state index contributed by atoms with van der Waals surface area (Å²) in [5.74, 6) is -0.194. The van der Waals surface area contributed by atoms with E-state index in [-0.39, 0.29) is 16.6 Å². The number of hydrogen-bond donors (Lipinski definition) is 1. The third kappa shape index (κ3) is 4.43. The number of amidine groups is 1. The van der Waals surface area contributed by atoms with E-state index in [4.69, 9.17) is 0 Å². The number of sulfonamides is 1. The Bertz CT molecular complexity index is 1230. The molecule has 1 aliphatic heterocycles. The first kappa shape index (κ1) is 20.6. The van der Waals surface area contributed by atoms with Gasteiger partial charge in [0.1, 0.15) is 10.7 Å². The minimum Gasteiger partial charge on any atom is -0.352 e. The minimum atomic E-state index is -3.80. The number of anilines is 1. The van der Waals surface area contributed by atoms with Crippen molar-refractivity contribution in [1.82, 2.24) is 15.3 Å². The number of carbonyl (C=O) groups excluding carboxylic acids is 1. The van der Waals surface area contributed by atoms with E-state index in [1.54, 1.807) is 41.6 Å². The number of halogens is 1. The quantitative estimate of drug-likeness (QED) is 0.592. The number of aromatic nitrogens is 2. The van der Waals surface area contributed by atoms with Crippen molar-refractivity contribution >= 4 is 27.7 Å². The molecule has 158 valence electrons. The Kier molecular flexibility index (Phi) is 5.72. The Labute approximate surface area is 178 Å². The number of benzene rings is 2. The highest BCUT2D eigenvalue weighted by Crippen LogP contribution is 2.28. The van der Waals surface area contributed by atoms with Crippen LogP contribution < -0.4 is 10.2 Å². The molecule has 0 atom stereocenters. The van der Waals surface area contributed by atoms with Gasteiger partial charge in [-0.15, -0.1) is 4.40 Å². The summed E-state index contributed by atoms with van der Waals surface area (Å²) in [4.78, 5) is 22.4. The lowest BCUT2D eigenvalue weighted by atomic mass is 10.2. The highest BCUT2D eigenvalue weighted by atomic mass is 32.2. The third-order valence-electron chi connectivity index (χ3n) is 4.61. The first-order valence-electron chi connectivity index (χ1n) is 9.48. The number of nitrogens with zero attached hydrogens (tertiary/aromatic N) is 4. The van der Waals surface area contributed by atoms with E-state index in [1.165, 1.54) is 30.3 Å². The van der Waals surface area contributed by atoms with E-state index < -0.39 is 15.8 Å². The van der Waals surface area contributed by atoms with Gasteiger partial charge in [0.2, 0.25) is 5.95 Å². The van der Waals surface area contributed by atoms with Gasteiger partial charge in [0.25, 0.3) is 15.9 Å². The average Bonchev–Trinajstić information content (AvgIpc) is 3.05. The molecule has 0 aliphatic carbocycles. The second-order valence-corrected chi connectivity index (χ2v) is 8.28. The van der Waals surface area contributed by atoms with Crippen LogP contribution in [0.5, 0.6) is 0 Å². The van der Waals surface area contributed by atoms with Gasteiger partial charge in [-0.1, -0.05) is 12.1 Å². The molecule has 0 bridgehead atoms. The monoisotopic (exact) mass is 439 g/mol. The van der Waals surface area contributed by atoms with Gasteiger partial charge in [0.15, 0.2) is 5.84 Å². The molecule has 2 aromatic carbocycles. The summed E-state index contributed by atoms with van der Waals surface area (Å²) >= 11 is 0. The highest BCUT2D eigenvalue weighted by molar-refractivity contribution is 7.90. The number of carbonyl (C=O) groups is 1. The standard InChI is InChI=1S/C21H18FN5O3S/c22-16-9-7-15(8-10-16)20(28)23-13-4-14-27(21-24-11-3-12-25-21)19-17-5-1-2-6-18(17)31(29,30)26-19/h1-3,5-12H,4,13-14H2,(H,23,28). The van der Waals surface area contributed by atoms with Crippen LogP contribution in [-0.2, 0) is 10.0 Å². The Morgan fingerprint density at radius 3 is 2.45 bits per heavy atom. The molecule has 2 heterocycles. The fourth-order valence-electron chi connectivity index (χ4n) is 3.16. The van der Waals surface area contributed by atoms with Crippen LogP contribution in [0.25, 0.3) is 0 Å². The molecule has 0 radical (unpaired) electrons. The van der Waals surface area contributed by atoms with Crippen molar-refractivity contribution < 1.29 is 17.6 Å². The van der Waals surface area contributed by atoms with Crippen LogP contribution in [0.4, 0.5) is 10.3 Å². The van der Waals surface area contributed by atoms with E-state index in [2.05, 4.69) is 19.7 Å². The molecule has 0 unspecified atom stereocenters. The molecule has 1 aromatic heterocycles. The van der Waals surface area contributed by atoms with E-state index in [9.17, 15) is 17.6 Å². The van der Waals surface area contributed by atoms with Crippen LogP contribution in [0.2, 0.25) is 0 Å². The van der Waals surface area contributed by atoms with Crippen molar-refractivity contribution in [3.8, 4) is 0 Å². The third-order valence-corrected chi connectivity index (χ3v) is 5.94. The van der Waals surface area contributed by atoms with Gasteiger partial charge in [-0.25, -0.2) is 14.4 Å². The first-order valence-corrected chi connectivity index (χ1v) is 10.9. The topological polar surface area (TPSA) is 105 Å². The van der Waals surface area contributed by atoms with Crippen LogP contribution >= 0.6 is 0 Å².